The summed E-state index contributed by atoms with van der Waals surface area (Å²) in [6.07, 6.45) is 7.61. The zero-order valence-electron chi connectivity index (χ0n) is 19.6. The van der Waals surface area contributed by atoms with Gasteiger partial charge in [0, 0.05) is 43.6 Å². The molecule has 9 nitrogen and oxygen atoms in total. The average Bonchev–Trinajstić information content (AvgIpc) is 3.48. The molecule has 0 spiro atoms. The van der Waals surface area contributed by atoms with E-state index < -0.39 is 5.60 Å². The minimum atomic E-state index is -0.507. The summed E-state index contributed by atoms with van der Waals surface area (Å²) >= 11 is 0. The highest BCUT2D eigenvalue weighted by molar-refractivity contribution is 5.80. The molecule has 9 heteroatoms. The first-order chi connectivity index (χ1) is 15.8. The molecule has 0 unspecified atom stereocenters. The summed E-state index contributed by atoms with van der Waals surface area (Å²) in [5, 5.41) is 4.48. The van der Waals surface area contributed by atoms with Crippen molar-refractivity contribution in [3.05, 3.63) is 36.8 Å². The molecule has 0 N–H and O–H groups in total. The van der Waals surface area contributed by atoms with Gasteiger partial charge >= 0.3 is 6.09 Å². The Hall–Kier alpha value is -3.36. The molecule has 1 atom stereocenters. The van der Waals surface area contributed by atoms with Gasteiger partial charge in [-0.1, -0.05) is 0 Å². The van der Waals surface area contributed by atoms with Crippen molar-refractivity contribution in [1.29, 1.82) is 0 Å². The summed E-state index contributed by atoms with van der Waals surface area (Å²) in [7, 11) is 0. The Morgan fingerprint density at radius 2 is 1.97 bits per heavy atom. The topological polar surface area (TPSA) is 85.1 Å². The van der Waals surface area contributed by atoms with E-state index in [0.29, 0.717) is 25.5 Å². The summed E-state index contributed by atoms with van der Waals surface area (Å²) in [6, 6.07) is 5.87. The average molecular weight is 451 g/mol. The molecule has 1 aliphatic carbocycles. The maximum absolute atomic E-state index is 12.6. The second kappa shape index (κ2) is 8.20. The summed E-state index contributed by atoms with van der Waals surface area (Å²) in [6.45, 7) is 9.63. The van der Waals surface area contributed by atoms with Crippen LogP contribution in [0.2, 0.25) is 0 Å². The lowest BCUT2D eigenvalue weighted by Crippen LogP contribution is -2.55. The molecule has 4 heterocycles. The van der Waals surface area contributed by atoms with Crippen LogP contribution >= 0.6 is 0 Å². The number of anilines is 1. The maximum atomic E-state index is 12.6. The molecule has 2 fully saturated rings. The van der Waals surface area contributed by atoms with Crippen molar-refractivity contribution in [3.63, 3.8) is 0 Å². The van der Waals surface area contributed by atoms with Gasteiger partial charge in [-0.05, 0) is 58.7 Å². The molecule has 174 valence electrons. The molecule has 0 radical (unpaired) electrons. The quantitative estimate of drug-likeness (QED) is 0.598. The fourth-order valence-corrected chi connectivity index (χ4v) is 4.02. The Morgan fingerprint density at radius 3 is 2.70 bits per heavy atom. The Labute approximate surface area is 193 Å². The van der Waals surface area contributed by atoms with Gasteiger partial charge in [-0.3, -0.25) is 0 Å². The minimum Gasteiger partial charge on any atom is -0.474 e. The van der Waals surface area contributed by atoms with E-state index in [-0.39, 0.29) is 18.2 Å². The Balaban J connectivity index is 1.38. The van der Waals surface area contributed by atoms with Crippen molar-refractivity contribution in [2.45, 2.75) is 58.3 Å². The number of ether oxygens (including phenoxy) is 2. The molecule has 2 aliphatic rings. The first kappa shape index (κ1) is 21.5. The number of pyridine rings is 1. The summed E-state index contributed by atoms with van der Waals surface area (Å²) in [5.74, 6) is 1.48. The molecular weight excluding hydrogens is 420 g/mol. The lowest BCUT2D eigenvalue weighted by Gasteiger charge is -2.40. The van der Waals surface area contributed by atoms with E-state index in [1.54, 1.807) is 15.6 Å². The molecule has 1 amide bonds. The van der Waals surface area contributed by atoms with Gasteiger partial charge in [0.15, 0.2) is 5.65 Å². The van der Waals surface area contributed by atoms with Gasteiger partial charge in [-0.2, -0.15) is 5.10 Å². The summed E-state index contributed by atoms with van der Waals surface area (Å²) < 4.78 is 13.4. The highest BCUT2D eigenvalue weighted by Gasteiger charge is 2.31. The van der Waals surface area contributed by atoms with Crippen LogP contribution in [0.15, 0.2) is 36.8 Å². The van der Waals surface area contributed by atoms with E-state index in [1.807, 2.05) is 58.3 Å². The number of nitrogens with zero attached hydrogens (tertiary/aromatic N) is 6. The lowest BCUT2D eigenvalue weighted by atomic mass is 10.1. The fourth-order valence-electron chi connectivity index (χ4n) is 4.02. The van der Waals surface area contributed by atoms with Crippen LogP contribution in [0.5, 0.6) is 5.88 Å². The number of hydrogen-bond donors (Lipinski definition) is 0. The molecule has 33 heavy (non-hydrogen) atoms. The zero-order chi connectivity index (χ0) is 23.2. The lowest BCUT2D eigenvalue weighted by molar-refractivity contribution is 0.0158. The van der Waals surface area contributed by atoms with Crippen LogP contribution in [0.25, 0.3) is 16.8 Å². The second-order valence-corrected chi connectivity index (χ2v) is 9.75. The molecule has 3 aromatic heterocycles. The Bertz CT molecular complexity index is 1170. The third-order valence-corrected chi connectivity index (χ3v) is 5.80. The van der Waals surface area contributed by atoms with Gasteiger partial charge in [0.25, 0.3) is 0 Å². The van der Waals surface area contributed by atoms with Gasteiger partial charge < -0.3 is 19.3 Å². The van der Waals surface area contributed by atoms with Crippen LogP contribution in [-0.4, -0.2) is 68.0 Å². The van der Waals surface area contributed by atoms with Gasteiger partial charge in [0.2, 0.25) is 5.88 Å². The Kier molecular flexibility index (Phi) is 5.34. The van der Waals surface area contributed by atoms with Gasteiger partial charge in [-0.25, -0.2) is 19.3 Å². The monoisotopic (exact) mass is 450 g/mol. The predicted octanol–water partition coefficient (Wildman–Crippen LogP) is 3.78. The molecule has 0 bridgehead atoms. The third kappa shape index (κ3) is 4.58. The molecule has 0 aromatic carbocycles. The van der Waals surface area contributed by atoms with Crippen molar-refractivity contribution in [2.24, 2.45) is 0 Å². The third-order valence-electron chi connectivity index (χ3n) is 5.80. The van der Waals surface area contributed by atoms with Crippen LogP contribution in [0.4, 0.5) is 10.6 Å². The zero-order valence-corrected chi connectivity index (χ0v) is 19.6. The maximum Gasteiger partial charge on any atom is 0.410 e. The van der Waals surface area contributed by atoms with Crippen LogP contribution in [0.1, 0.15) is 40.5 Å². The van der Waals surface area contributed by atoms with Crippen molar-refractivity contribution in [2.75, 3.05) is 24.5 Å². The second-order valence-electron chi connectivity index (χ2n) is 9.75. The van der Waals surface area contributed by atoms with E-state index in [0.717, 1.165) is 35.4 Å². The van der Waals surface area contributed by atoms with Gasteiger partial charge in [0.05, 0.1) is 11.8 Å². The van der Waals surface area contributed by atoms with E-state index in [1.165, 1.54) is 0 Å². The number of amides is 1. The number of piperazine rings is 1. The van der Waals surface area contributed by atoms with Crippen molar-refractivity contribution in [3.8, 4) is 17.0 Å². The van der Waals surface area contributed by atoms with E-state index in [9.17, 15) is 4.79 Å². The number of carbonyl (C=O) groups is 1. The first-order valence-electron chi connectivity index (χ1n) is 11.5. The van der Waals surface area contributed by atoms with Crippen molar-refractivity contribution >= 4 is 17.6 Å². The SMILES string of the molecule is C[C@@H]1CN(c2ccn3ncc(-c4cccnc4OC4CC4)c3n2)CCN1C(=O)OC(C)(C)C. The standard InChI is InChI=1S/C24H30N6O3/c1-16-15-28(12-13-29(16)23(31)33-24(2,3)4)20-9-11-30-21(27-20)19(14-26-30)18-6-5-10-25-22(18)32-17-7-8-17/h5-6,9-11,14,16-17H,7-8,12-13,15H2,1-4H3/t16-/m1/s1. The van der Waals surface area contributed by atoms with Crippen molar-refractivity contribution in [1.82, 2.24) is 24.5 Å². The molecule has 1 saturated heterocycles. The molecule has 5 rings (SSSR count). The number of fused-ring (bicyclic) bond motifs is 1. The molecule has 3 aromatic rings. The van der Waals surface area contributed by atoms with E-state index >= 15 is 0 Å². The summed E-state index contributed by atoms with van der Waals surface area (Å²) in [4.78, 5) is 25.9. The van der Waals surface area contributed by atoms with Crippen molar-refractivity contribution < 1.29 is 14.3 Å². The van der Waals surface area contributed by atoms with Gasteiger partial charge in [-0.15, -0.1) is 0 Å². The van der Waals surface area contributed by atoms with Crippen LogP contribution in [0.3, 0.4) is 0 Å². The number of carbonyl (C=O) groups excluding carboxylic acids is 1. The highest BCUT2D eigenvalue weighted by Crippen LogP contribution is 2.35. The predicted molar refractivity (Wildman–Crippen MR) is 124 cm³/mol. The minimum absolute atomic E-state index is 0.00729. The van der Waals surface area contributed by atoms with Crippen LogP contribution in [-0.2, 0) is 4.74 Å². The summed E-state index contributed by atoms with van der Waals surface area (Å²) in [5.41, 5.74) is 2.03. The Morgan fingerprint density at radius 1 is 1.15 bits per heavy atom. The van der Waals surface area contributed by atoms with E-state index in [4.69, 9.17) is 14.5 Å². The number of aromatic nitrogens is 4. The van der Waals surface area contributed by atoms with E-state index in [2.05, 4.69) is 15.0 Å². The van der Waals surface area contributed by atoms with Gasteiger partial charge in [0.1, 0.15) is 17.5 Å². The van der Waals surface area contributed by atoms with Crippen LogP contribution in [0, 0.1) is 0 Å². The molecule has 1 aliphatic heterocycles. The number of hydrogen-bond acceptors (Lipinski definition) is 7. The normalized spacial score (nSPS) is 19.1. The fraction of sp³-hybridized carbons (Fsp3) is 0.500. The number of rotatable bonds is 4. The molecule has 1 saturated carbocycles. The van der Waals surface area contributed by atoms with Crippen LogP contribution < -0.4 is 9.64 Å². The molecular formula is C24H30N6O3. The smallest absolute Gasteiger partial charge is 0.410 e. The highest BCUT2D eigenvalue weighted by atomic mass is 16.6. The first-order valence-corrected chi connectivity index (χ1v) is 11.5. The largest absolute Gasteiger partial charge is 0.474 e.